The van der Waals surface area contributed by atoms with Crippen molar-refractivity contribution in [3.05, 3.63) is 0 Å². The number of ketones is 1. The van der Waals surface area contributed by atoms with E-state index >= 15 is 0 Å². The van der Waals surface area contributed by atoms with Crippen LogP contribution in [0.25, 0.3) is 0 Å². The standard InChI is InChI=1S/C15H32N2O/c1-11(16)9-8-10-12(17-15(5,6)7)13(18)14(2,3)4/h11-12,17H,8-10,16H2,1-7H3/t11?,12-/m0/s1/i11D. The van der Waals surface area contributed by atoms with Crippen molar-refractivity contribution in [2.24, 2.45) is 11.1 Å². The van der Waals surface area contributed by atoms with Gasteiger partial charge < -0.3 is 11.1 Å². The average Bonchev–Trinajstić information content (AvgIpc) is 2.09. The predicted molar refractivity (Wildman–Crippen MR) is 78.6 cm³/mol. The van der Waals surface area contributed by atoms with Crippen LogP contribution in [0.1, 0.15) is 69.1 Å². The molecule has 0 radical (unpaired) electrons. The molecule has 0 aliphatic rings. The van der Waals surface area contributed by atoms with Gasteiger partial charge in [-0.1, -0.05) is 20.8 Å². The molecule has 18 heavy (non-hydrogen) atoms. The molecular formula is C15H32N2O. The fourth-order valence-electron chi connectivity index (χ4n) is 1.90. The second kappa shape index (κ2) is 6.67. The van der Waals surface area contributed by atoms with E-state index in [4.69, 9.17) is 7.10 Å². The van der Waals surface area contributed by atoms with E-state index in [9.17, 15) is 4.79 Å². The van der Waals surface area contributed by atoms with Gasteiger partial charge in [0.15, 0.2) is 5.78 Å². The fourth-order valence-corrected chi connectivity index (χ4v) is 1.90. The molecule has 0 saturated carbocycles. The second-order valence-corrected chi connectivity index (χ2v) is 7.30. The smallest absolute Gasteiger partial charge is 0.155 e. The molecule has 2 atom stereocenters. The van der Waals surface area contributed by atoms with Crippen molar-refractivity contribution < 1.29 is 6.17 Å². The number of carbonyl (C=O) groups is 1. The topological polar surface area (TPSA) is 55.1 Å². The highest BCUT2D eigenvalue weighted by Gasteiger charge is 2.31. The molecule has 0 aromatic rings. The lowest BCUT2D eigenvalue weighted by molar-refractivity contribution is -0.129. The Morgan fingerprint density at radius 1 is 1.22 bits per heavy atom. The monoisotopic (exact) mass is 257 g/mol. The summed E-state index contributed by atoms with van der Waals surface area (Å²) in [5.41, 5.74) is 5.22. The highest BCUT2D eigenvalue weighted by Crippen LogP contribution is 2.21. The minimum absolute atomic E-state index is 0.0987. The fraction of sp³-hybridized carbons (Fsp3) is 0.933. The Hall–Kier alpha value is -0.410. The average molecular weight is 257 g/mol. The molecule has 3 nitrogen and oxygen atoms in total. The van der Waals surface area contributed by atoms with Crippen molar-refractivity contribution in [3.8, 4) is 0 Å². The molecule has 108 valence electrons. The summed E-state index contributed by atoms with van der Waals surface area (Å²) in [6.07, 6.45) is 2.12. The summed E-state index contributed by atoms with van der Waals surface area (Å²) in [4.78, 5) is 12.5. The molecule has 0 heterocycles. The normalized spacial score (nSPS) is 19.0. The number of hydrogen-bond donors (Lipinski definition) is 2. The van der Waals surface area contributed by atoms with E-state index in [-0.39, 0.29) is 22.8 Å². The zero-order chi connectivity index (χ0) is 15.5. The Kier molecular flexibility index (Phi) is 5.80. The Bertz CT molecular complexity index is 295. The molecule has 0 aliphatic heterocycles. The third kappa shape index (κ3) is 7.83. The number of rotatable bonds is 6. The van der Waals surface area contributed by atoms with Crippen LogP contribution in [0.3, 0.4) is 0 Å². The molecule has 0 rings (SSSR count). The quantitative estimate of drug-likeness (QED) is 0.769. The lowest BCUT2D eigenvalue weighted by Gasteiger charge is -2.32. The lowest BCUT2D eigenvalue weighted by atomic mass is 9.83. The van der Waals surface area contributed by atoms with Gasteiger partial charge in [-0.2, -0.15) is 0 Å². The first kappa shape index (κ1) is 15.6. The van der Waals surface area contributed by atoms with Crippen LogP contribution in [-0.4, -0.2) is 23.4 Å². The van der Waals surface area contributed by atoms with Gasteiger partial charge in [-0.05, 0) is 47.0 Å². The third-order valence-electron chi connectivity index (χ3n) is 2.73. The minimum atomic E-state index is -0.906. The van der Waals surface area contributed by atoms with Gasteiger partial charge in [0.25, 0.3) is 0 Å². The van der Waals surface area contributed by atoms with Gasteiger partial charge >= 0.3 is 0 Å². The van der Waals surface area contributed by atoms with Crippen molar-refractivity contribution in [3.63, 3.8) is 0 Å². The number of nitrogens with two attached hydrogens (primary N) is 1. The molecule has 0 aromatic heterocycles. The van der Waals surface area contributed by atoms with Gasteiger partial charge in [0.1, 0.15) is 0 Å². The van der Waals surface area contributed by atoms with Crippen LogP contribution in [0.15, 0.2) is 0 Å². The third-order valence-corrected chi connectivity index (χ3v) is 2.73. The van der Waals surface area contributed by atoms with Crippen LogP contribution < -0.4 is 11.1 Å². The molecule has 3 heteroatoms. The van der Waals surface area contributed by atoms with Gasteiger partial charge in [-0.25, -0.2) is 0 Å². The van der Waals surface area contributed by atoms with E-state index in [2.05, 4.69) is 26.1 Å². The molecule has 0 saturated heterocycles. The van der Waals surface area contributed by atoms with E-state index in [0.717, 1.165) is 12.8 Å². The van der Waals surface area contributed by atoms with Crippen LogP contribution >= 0.6 is 0 Å². The Labute approximate surface area is 114 Å². The van der Waals surface area contributed by atoms with Crippen molar-refractivity contribution >= 4 is 5.78 Å². The second-order valence-electron chi connectivity index (χ2n) is 7.30. The van der Waals surface area contributed by atoms with Crippen LogP contribution in [-0.2, 0) is 4.79 Å². The van der Waals surface area contributed by atoms with Gasteiger partial charge in [0, 0.05) is 18.3 Å². The van der Waals surface area contributed by atoms with Crippen molar-refractivity contribution in [1.82, 2.24) is 5.32 Å². The summed E-state index contributed by atoms with van der Waals surface area (Å²) in [7, 11) is 0. The first-order chi connectivity index (χ1) is 8.22. The molecular weight excluding hydrogens is 224 g/mol. The van der Waals surface area contributed by atoms with E-state index in [0.29, 0.717) is 6.42 Å². The molecule has 0 bridgehead atoms. The summed E-state index contributed by atoms with van der Waals surface area (Å²) in [5, 5.41) is 3.40. The zero-order valence-corrected chi connectivity index (χ0v) is 13.2. The maximum atomic E-state index is 12.5. The molecule has 0 fully saturated rings. The van der Waals surface area contributed by atoms with E-state index in [1.54, 1.807) is 6.92 Å². The number of nitrogens with one attached hydrogen (secondary N) is 1. The van der Waals surface area contributed by atoms with Crippen molar-refractivity contribution in [2.75, 3.05) is 0 Å². The molecule has 3 N–H and O–H groups in total. The summed E-state index contributed by atoms with van der Waals surface area (Å²) in [5.74, 6) is 0.228. The zero-order valence-electron chi connectivity index (χ0n) is 14.2. The van der Waals surface area contributed by atoms with E-state index < -0.39 is 6.02 Å². The van der Waals surface area contributed by atoms with Gasteiger partial charge in [0.2, 0.25) is 0 Å². The Morgan fingerprint density at radius 2 is 1.72 bits per heavy atom. The predicted octanol–water partition coefficient (Wildman–Crippen LogP) is 2.88. The molecule has 0 amide bonds. The molecule has 0 spiro atoms. The minimum Gasteiger partial charge on any atom is -0.328 e. The van der Waals surface area contributed by atoms with Gasteiger partial charge in [-0.15, -0.1) is 0 Å². The maximum Gasteiger partial charge on any atom is 0.155 e. The molecule has 0 aromatic carbocycles. The first-order valence-electron chi connectivity index (χ1n) is 7.33. The Morgan fingerprint density at radius 3 is 2.06 bits per heavy atom. The maximum absolute atomic E-state index is 12.5. The summed E-state index contributed by atoms with van der Waals surface area (Å²) < 4.78 is 7.66. The number of carbonyl (C=O) groups excluding carboxylic acids is 1. The summed E-state index contributed by atoms with van der Waals surface area (Å²) in [6.45, 7) is 13.7. The summed E-state index contributed by atoms with van der Waals surface area (Å²) in [6, 6.07) is -1.07. The Balaban J connectivity index is 4.66. The highest BCUT2D eigenvalue weighted by molar-refractivity contribution is 5.88. The number of hydrogen-bond acceptors (Lipinski definition) is 3. The number of Topliss-reactive ketones (excluding diaryl/α,β-unsaturated/α-hetero) is 1. The first-order valence-corrected chi connectivity index (χ1v) is 6.83. The van der Waals surface area contributed by atoms with Crippen LogP contribution in [0.5, 0.6) is 0 Å². The van der Waals surface area contributed by atoms with Crippen LogP contribution in [0.4, 0.5) is 0 Å². The van der Waals surface area contributed by atoms with Crippen molar-refractivity contribution in [2.45, 2.75) is 85.3 Å². The molecule has 1 unspecified atom stereocenters. The van der Waals surface area contributed by atoms with Crippen LogP contribution in [0.2, 0.25) is 0 Å². The van der Waals surface area contributed by atoms with Gasteiger partial charge in [0.05, 0.1) is 6.04 Å². The largest absolute Gasteiger partial charge is 0.328 e. The van der Waals surface area contributed by atoms with Crippen LogP contribution in [0, 0.1) is 5.41 Å². The van der Waals surface area contributed by atoms with Gasteiger partial charge in [-0.3, -0.25) is 4.79 Å². The van der Waals surface area contributed by atoms with Crippen molar-refractivity contribution in [1.29, 1.82) is 0 Å². The van der Waals surface area contributed by atoms with E-state index in [1.165, 1.54) is 0 Å². The van der Waals surface area contributed by atoms with E-state index in [1.807, 2.05) is 20.8 Å². The lowest BCUT2D eigenvalue weighted by Crippen LogP contribution is -2.50. The molecule has 0 aliphatic carbocycles. The highest BCUT2D eigenvalue weighted by atomic mass is 16.1. The SMILES string of the molecule is [2H]C(C)(N)CCC[C@H](NC(C)(C)C)C(=O)C(C)(C)C. The summed E-state index contributed by atoms with van der Waals surface area (Å²) >= 11 is 0.